The maximum atomic E-state index is 8.57. The van der Waals surface area contributed by atoms with E-state index in [0.717, 1.165) is 5.82 Å². The molecule has 80 valence electrons. The first-order valence-electron chi connectivity index (χ1n) is 4.77. The molecule has 0 aromatic carbocycles. The lowest BCUT2D eigenvalue weighted by Crippen LogP contribution is -2.09. The minimum Gasteiger partial charge on any atom is -0.359 e. The molecule has 2 aromatic heterocycles. The molecule has 2 rings (SSSR count). The number of aromatic amines is 1. The number of anilines is 1. The second-order valence-electron chi connectivity index (χ2n) is 3.24. The molecule has 0 saturated carbocycles. The van der Waals surface area contributed by atoms with Crippen LogP contribution in [0.25, 0.3) is 0 Å². The number of hydrogen-bond acceptors (Lipinski definition) is 5. The Hall–Kier alpha value is -2.42. The lowest BCUT2D eigenvalue weighted by Gasteiger charge is -2.11. The first-order valence-corrected chi connectivity index (χ1v) is 4.77. The number of nitrogens with zero attached hydrogens (tertiary/aromatic N) is 4. The molecule has 0 aliphatic carbocycles. The highest BCUT2D eigenvalue weighted by Gasteiger charge is 2.07. The third-order valence-electron chi connectivity index (χ3n) is 2.06. The number of nitrogens with one attached hydrogen (secondary N) is 2. The average molecular weight is 214 g/mol. The molecule has 16 heavy (non-hydrogen) atoms. The van der Waals surface area contributed by atoms with Crippen molar-refractivity contribution in [2.45, 2.75) is 13.0 Å². The van der Waals surface area contributed by atoms with Crippen molar-refractivity contribution in [3.63, 3.8) is 0 Å². The van der Waals surface area contributed by atoms with Crippen molar-refractivity contribution in [2.75, 3.05) is 5.32 Å². The van der Waals surface area contributed by atoms with Gasteiger partial charge in [-0.3, -0.25) is 0 Å². The molecule has 2 heterocycles. The van der Waals surface area contributed by atoms with Gasteiger partial charge in [0.05, 0.1) is 18.4 Å². The smallest absolute Gasteiger partial charge is 0.158 e. The monoisotopic (exact) mass is 214 g/mol. The number of rotatable bonds is 3. The van der Waals surface area contributed by atoms with Gasteiger partial charge in [-0.2, -0.15) is 5.26 Å². The minimum atomic E-state index is 0.0113. The van der Waals surface area contributed by atoms with Crippen molar-refractivity contribution in [1.82, 2.24) is 19.9 Å². The van der Waals surface area contributed by atoms with Crippen LogP contribution in [0.4, 0.5) is 5.82 Å². The standard InChI is InChI=1S/C10H10N6/c1-7(10-12-2-3-13-10)16-9-6-14-8(4-11)5-15-9/h2-3,5-7H,1H3,(H,12,13)(H,15,16). The molecule has 2 N–H and O–H groups in total. The molecule has 0 aliphatic rings. The fourth-order valence-electron chi connectivity index (χ4n) is 1.26. The third kappa shape index (κ3) is 2.15. The van der Waals surface area contributed by atoms with Crippen LogP contribution in [-0.2, 0) is 0 Å². The first kappa shape index (κ1) is 10.1. The van der Waals surface area contributed by atoms with Gasteiger partial charge in [0.25, 0.3) is 0 Å². The summed E-state index contributed by atoms with van der Waals surface area (Å²) in [5.41, 5.74) is 0.302. The largest absolute Gasteiger partial charge is 0.359 e. The molecular formula is C10H10N6. The zero-order valence-electron chi connectivity index (χ0n) is 8.68. The van der Waals surface area contributed by atoms with Gasteiger partial charge in [-0.1, -0.05) is 0 Å². The quantitative estimate of drug-likeness (QED) is 0.802. The van der Waals surface area contributed by atoms with Crippen LogP contribution in [0.2, 0.25) is 0 Å². The highest BCUT2D eigenvalue weighted by Crippen LogP contribution is 2.12. The van der Waals surface area contributed by atoms with E-state index in [0.29, 0.717) is 11.5 Å². The number of nitriles is 1. The Kier molecular flexibility index (Phi) is 2.78. The summed E-state index contributed by atoms with van der Waals surface area (Å²) in [6, 6.07) is 1.93. The van der Waals surface area contributed by atoms with E-state index in [2.05, 4.69) is 25.3 Å². The molecule has 1 unspecified atom stereocenters. The van der Waals surface area contributed by atoms with Gasteiger partial charge in [0.1, 0.15) is 17.7 Å². The summed E-state index contributed by atoms with van der Waals surface area (Å²) in [4.78, 5) is 15.1. The van der Waals surface area contributed by atoms with Gasteiger partial charge in [0.2, 0.25) is 0 Å². The van der Waals surface area contributed by atoms with Crippen LogP contribution in [0.3, 0.4) is 0 Å². The van der Waals surface area contributed by atoms with Crippen LogP contribution in [-0.4, -0.2) is 19.9 Å². The minimum absolute atomic E-state index is 0.0113. The van der Waals surface area contributed by atoms with E-state index in [9.17, 15) is 0 Å². The van der Waals surface area contributed by atoms with Crippen LogP contribution in [0.15, 0.2) is 24.8 Å². The van der Waals surface area contributed by atoms with Crippen molar-refractivity contribution in [1.29, 1.82) is 5.26 Å². The molecule has 6 nitrogen and oxygen atoms in total. The van der Waals surface area contributed by atoms with E-state index in [-0.39, 0.29) is 6.04 Å². The van der Waals surface area contributed by atoms with Gasteiger partial charge in [0, 0.05) is 12.4 Å². The molecule has 6 heteroatoms. The van der Waals surface area contributed by atoms with E-state index in [1.807, 2.05) is 13.0 Å². The number of imidazole rings is 1. The summed E-state index contributed by atoms with van der Waals surface area (Å²) in [5, 5.41) is 11.7. The molecule has 1 atom stereocenters. The SMILES string of the molecule is CC(Nc1cnc(C#N)cn1)c1ncc[nH]1. The lowest BCUT2D eigenvalue weighted by molar-refractivity contribution is 0.802. The van der Waals surface area contributed by atoms with Gasteiger partial charge in [0.15, 0.2) is 5.69 Å². The number of H-pyrrole nitrogens is 1. The Labute approximate surface area is 92.4 Å². The second kappa shape index (κ2) is 4.40. The molecule has 2 aromatic rings. The summed E-state index contributed by atoms with van der Waals surface area (Å²) in [5.74, 6) is 1.44. The normalized spacial score (nSPS) is 11.8. The Morgan fingerprint density at radius 3 is 2.81 bits per heavy atom. The summed E-state index contributed by atoms with van der Waals surface area (Å²) in [7, 11) is 0. The van der Waals surface area contributed by atoms with Crippen molar-refractivity contribution < 1.29 is 0 Å². The summed E-state index contributed by atoms with van der Waals surface area (Å²) in [6.07, 6.45) is 6.41. The molecule has 0 aliphatic heterocycles. The molecule has 0 fully saturated rings. The number of aromatic nitrogens is 4. The maximum absolute atomic E-state index is 8.57. The molecule has 0 bridgehead atoms. The zero-order valence-corrected chi connectivity index (χ0v) is 8.68. The predicted octanol–water partition coefficient (Wildman–Crippen LogP) is 1.24. The van der Waals surface area contributed by atoms with Crippen LogP contribution in [0, 0.1) is 11.3 Å². The topological polar surface area (TPSA) is 90.3 Å². The summed E-state index contributed by atoms with van der Waals surface area (Å²) >= 11 is 0. The van der Waals surface area contributed by atoms with Gasteiger partial charge in [-0.05, 0) is 6.92 Å². The Balaban J connectivity index is 2.07. The van der Waals surface area contributed by atoms with Gasteiger partial charge >= 0.3 is 0 Å². The maximum Gasteiger partial charge on any atom is 0.158 e. The molecular weight excluding hydrogens is 204 g/mol. The Morgan fingerprint density at radius 1 is 1.38 bits per heavy atom. The number of hydrogen-bond donors (Lipinski definition) is 2. The van der Waals surface area contributed by atoms with Crippen LogP contribution >= 0.6 is 0 Å². The molecule has 0 amide bonds. The van der Waals surface area contributed by atoms with Crippen LogP contribution < -0.4 is 5.32 Å². The van der Waals surface area contributed by atoms with E-state index < -0.39 is 0 Å². The first-order chi connectivity index (χ1) is 7.79. The highest BCUT2D eigenvalue weighted by atomic mass is 15.1. The zero-order chi connectivity index (χ0) is 11.4. The molecule has 0 radical (unpaired) electrons. The summed E-state index contributed by atoms with van der Waals surface area (Å²) in [6.45, 7) is 1.96. The van der Waals surface area contributed by atoms with E-state index in [1.165, 1.54) is 12.4 Å². The van der Waals surface area contributed by atoms with E-state index in [1.54, 1.807) is 12.4 Å². The van der Waals surface area contributed by atoms with E-state index >= 15 is 0 Å². The van der Waals surface area contributed by atoms with Gasteiger partial charge < -0.3 is 10.3 Å². The van der Waals surface area contributed by atoms with Gasteiger partial charge in [-0.15, -0.1) is 0 Å². The third-order valence-corrected chi connectivity index (χ3v) is 2.06. The van der Waals surface area contributed by atoms with Crippen molar-refractivity contribution in [2.24, 2.45) is 0 Å². The van der Waals surface area contributed by atoms with E-state index in [4.69, 9.17) is 5.26 Å². The fraction of sp³-hybridized carbons (Fsp3) is 0.200. The van der Waals surface area contributed by atoms with Crippen LogP contribution in [0.5, 0.6) is 0 Å². The fourth-order valence-corrected chi connectivity index (χ4v) is 1.26. The lowest BCUT2D eigenvalue weighted by atomic mass is 10.3. The van der Waals surface area contributed by atoms with Crippen molar-refractivity contribution in [3.05, 3.63) is 36.3 Å². The average Bonchev–Trinajstić information content (AvgIpc) is 2.83. The molecule has 0 spiro atoms. The van der Waals surface area contributed by atoms with Crippen LogP contribution in [0.1, 0.15) is 24.5 Å². The van der Waals surface area contributed by atoms with Gasteiger partial charge in [-0.25, -0.2) is 15.0 Å². The Bertz CT molecular complexity index is 481. The Morgan fingerprint density at radius 2 is 2.25 bits per heavy atom. The van der Waals surface area contributed by atoms with Crippen molar-refractivity contribution in [3.8, 4) is 6.07 Å². The second-order valence-corrected chi connectivity index (χ2v) is 3.24. The van der Waals surface area contributed by atoms with Crippen molar-refractivity contribution >= 4 is 5.82 Å². The summed E-state index contributed by atoms with van der Waals surface area (Å²) < 4.78 is 0. The molecule has 0 saturated heterocycles. The predicted molar refractivity (Wildman–Crippen MR) is 57.4 cm³/mol. The highest BCUT2D eigenvalue weighted by molar-refractivity contribution is 5.35.